The average Bonchev–Trinajstić information content (AvgIpc) is 2.21. The van der Waals surface area contributed by atoms with Crippen molar-refractivity contribution >= 4 is 0 Å². The molecular weight excluding hydrogens is 146 g/mol. The SMILES string of the molecule is CC(C)NCC1C(C)(C)C1(C)C. The maximum Gasteiger partial charge on any atom is 0.00105 e. The van der Waals surface area contributed by atoms with E-state index in [-0.39, 0.29) is 0 Å². The van der Waals surface area contributed by atoms with Crippen molar-refractivity contribution in [2.45, 2.75) is 47.6 Å². The van der Waals surface area contributed by atoms with Crippen molar-refractivity contribution in [3.8, 4) is 0 Å². The van der Waals surface area contributed by atoms with Crippen LogP contribution in [-0.4, -0.2) is 12.6 Å². The van der Waals surface area contributed by atoms with Crippen LogP contribution in [0.5, 0.6) is 0 Å². The van der Waals surface area contributed by atoms with E-state index in [1.807, 2.05) is 0 Å². The third kappa shape index (κ3) is 1.39. The van der Waals surface area contributed by atoms with Crippen molar-refractivity contribution in [2.24, 2.45) is 16.7 Å². The molecule has 1 nitrogen and oxygen atoms in total. The number of hydrogen-bond acceptors (Lipinski definition) is 1. The van der Waals surface area contributed by atoms with E-state index in [9.17, 15) is 0 Å². The zero-order valence-electron chi connectivity index (χ0n) is 9.36. The molecule has 1 aliphatic carbocycles. The first-order chi connectivity index (χ1) is 5.30. The van der Waals surface area contributed by atoms with E-state index in [1.54, 1.807) is 0 Å². The van der Waals surface area contributed by atoms with Gasteiger partial charge in [-0.15, -0.1) is 0 Å². The number of rotatable bonds is 3. The van der Waals surface area contributed by atoms with Crippen molar-refractivity contribution < 1.29 is 0 Å². The van der Waals surface area contributed by atoms with Gasteiger partial charge >= 0.3 is 0 Å². The highest BCUT2D eigenvalue weighted by molar-refractivity contribution is 5.12. The smallest absolute Gasteiger partial charge is 0.00105 e. The highest BCUT2D eigenvalue weighted by atomic mass is 14.9. The van der Waals surface area contributed by atoms with Crippen LogP contribution in [0.15, 0.2) is 0 Å². The Hall–Kier alpha value is -0.0400. The molecule has 72 valence electrons. The minimum atomic E-state index is 0.537. The van der Waals surface area contributed by atoms with E-state index in [0.29, 0.717) is 16.9 Å². The maximum atomic E-state index is 3.52. The Labute approximate surface area is 76.9 Å². The summed E-state index contributed by atoms with van der Waals surface area (Å²) in [5, 5.41) is 3.52. The molecule has 0 unspecified atom stereocenters. The topological polar surface area (TPSA) is 12.0 Å². The maximum absolute atomic E-state index is 3.52. The first-order valence-electron chi connectivity index (χ1n) is 5.03. The molecule has 0 aromatic rings. The summed E-state index contributed by atoms with van der Waals surface area (Å²) < 4.78 is 0. The van der Waals surface area contributed by atoms with Gasteiger partial charge in [0.15, 0.2) is 0 Å². The second kappa shape index (κ2) is 2.73. The van der Waals surface area contributed by atoms with Crippen LogP contribution in [0.25, 0.3) is 0 Å². The fourth-order valence-electron chi connectivity index (χ4n) is 2.20. The lowest BCUT2D eigenvalue weighted by Crippen LogP contribution is -2.26. The molecule has 1 heteroatoms. The third-order valence-electron chi connectivity index (χ3n) is 4.05. The molecule has 0 atom stereocenters. The van der Waals surface area contributed by atoms with Crippen LogP contribution in [0.2, 0.25) is 0 Å². The molecule has 0 heterocycles. The van der Waals surface area contributed by atoms with Crippen molar-refractivity contribution in [2.75, 3.05) is 6.54 Å². The van der Waals surface area contributed by atoms with Crippen LogP contribution in [-0.2, 0) is 0 Å². The predicted molar refractivity (Wildman–Crippen MR) is 54.2 cm³/mol. The third-order valence-corrected chi connectivity index (χ3v) is 4.05. The van der Waals surface area contributed by atoms with Crippen molar-refractivity contribution in [1.29, 1.82) is 0 Å². The molecular formula is C11H23N. The fourth-order valence-corrected chi connectivity index (χ4v) is 2.20. The van der Waals surface area contributed by atoms with Crippen molar-refractivity contribution in [3.05, 3.63) is 0 Å². The molecule has 0 radical (unpaired) electrons. The second-order valence-electron chi connectivity index (χ2n) is 5.56. The van der Waals surface area contributed by atoms with Gasteiger partial charge in [0.1, 0.15) is 0 Å². The Balaban J connectivity index is 2.39. The van der Waals surface area contributed by atoms with Gasteiger partial charge in [0.25, 0.3) is 0 Å². The Morgan fingerprint density at radius 3 is 1.75 bits per heavy atom. The Morgan fingerprint density at radius 2 is 1.50 bits per heavy atom. The van der Waals surface area contributed by atoms with Crippen LogP contribution in [0.3, 0.4) is 0 Å². The van der Waals surface area contributed by atoms with Gasteiger partial charge in [-0.1, -0.05) is 41.5 Å². The molecule has 0 amide bonds. The van der Waals surface area contributed by atoms with Gasteiger partial charge < -0.3 is 5.32 Å². The van der Waals surface area contributed by atoms with E-state index in [4.69, 9.17) is 0 Å². The van der Waals surface area contributed by atoms with Crippen LogP contribution in [0.1, 0.15) is 41.5 Å². The molecule has 0 saturated heterocycles. The van der Waals surface area contributed by atoms with Gasteiger partial charge in [-0.05, 0) is 23.3 Å². The first kappa shape index (κ1) is 10.0. The normalized spacial score (nSPS) is 26.2. The summed E-state index contributed by atoms with van der Waals surface area (Å²) in [5.41, 5.74) is 1.07. The first-order valence-corrected chi connectivity index (χ1v) is 5.03. The Morgan fingerprint density at radius 1 is 1.08 bits per heavy atom. The molecule has 1 saturated carbocycles. The van der Waals surface area contributed by atoms with Gasteiger partial charge in [0, 0.05) is 6.04 Å². The zero-order valence-corrected chi connectivity index (χ0v) is 9.36. The monoisotopic (exact) mass is 169 g/mol. The van der Waals surface area contributed by atoms with Gasteiger partial charge in [-0.3, -0.25) is 0 Å². The molecule has 0 bridgehead atoms. The van der Waals surface area contributed by atoms with Gasteiger partial charge in [0.2, 0.25) is 0 Å². The summed E-state index contributed by atoms with van der Waals surface area (Å²) in [5.74, 6) is 0.854. The summed E-state index contributed by atoms with van der Waals surface area (Å²) in [7, 11) is 0. The van der Waals surface area contributed by atoms with Gasteiger partial charge in [-0.2, -0.15) is 0 Å². The summed E-state index contributed by atoms with van der Waals surface area (Å²) in [6.45, 7) is 15.1. The van der Waals surface area contributed by atoms with E-state index in [2.05, 4.69) is 46.9 Å². The molecule has 0 spiro atoms. The predicted octanol–water partition coefficient (Wildman–Crippen LogP) is 2.67. The standard InChI is InChI=1S/C11H23N/c1-8(2)12-7-9-10(3,4)11(9,5)6/h8-9,12H,7H2,1-6H3. The van der Waals surface area contributed by atoms with Crippen LogP contribution >= 0.6 is 0 Å². The van der Waals surface area contributed by atoms with Crippen LogP contribution in [0.4, 0.5) is 0 Å². The summed E-state index contributed by atoms with van der Waals surface area (Å²) in [6, 6.07) is 0.622. The Bertz CT molecular complexity index is 154. The molecule has 1 fully saturated rings. The molecule has 0 aromatic carbocycles. The molecule has 1 rings (SSSR count). The van der Waals surface area contributed by atoms with E-state index >= 15 is 0 Å². The average molecular weight is 169 g/mol. The quantitative estimate of drug-likeness (QED) is 0.685. The summed E-state index contributed by atoms with van der Waals surface area (Å²) in [6.07, 6.45) is 0. The molecule has 1 aliphatic rings. The highest BCUT2D eigenvalue weighted by Gasteiger charge is 2.63. The van der Waals surface area contributed by atoms with Crippen molar-refractivity contribution in [1.82, 2.24) is 5.32 Å². The second-order valence-corrected chi connectivity index (χ2v) is 5.56. The van der Waals surface area contributed by atoms with Crippen LogP contribution < -0.4 is 5.32 Å². The van der Waals surface area contributed by atoms with E-state index < -0.39 is 0 Å². The van der Waals surface area contributed by atoms with Gasteiger partial charge in [-0.25, -0.2) is 0 Å². The van der Waals surface area contributed by atoms with Crippen LogP contribution in [0, 0.1) is 16.7 Å². The van der Waals surface area contributed by atoms with E-state index in [0.717, 1.165) is 5.92 Å². The fraction of sp³-hybridized carbons (Fsp3) is 1.00. The summed E-state index contributed by atoms with van der Waals surface area (Å²) >= 11 is 0. The van der Waals surface area contributed by atoms with E-state index in [1.165, 1.54) is 6.54 Å². The molecule has 12 heavy (non-hydrogen) atoms. The summed E-state index contributed by atoms with van der Waals surface area (Å²) in [4.78, 5) is 0. The Kier molecular flexibility index (Phi) is 2.28. The lowest BCUT2D eigenvalue weighted by Gasteiger charge is -2.08. The molecule has 0 aliphatic heterocycles. The highest BCUT2D eigenvalue weighted by Crippen LogP contribution is 2.67. The van der Waals surface area contributed by atoms with Crippen molar-refractivity contribution in [3.63, 3.8) is 0 Å². The largest absolute Gasteiger partial charge is 0.314 e. The molecule has 0 aromatic heterocycles. The number of hydrogen-bond donors (Lipinski definition) is 1. The molecule has 1 N–H and O–H groups in total. The zero-order chi connectivity index (χ0) is 9.57. The van der Waals surface area contributed by atoms with Gasteiger partial charge in [0.05, 0.1) is 0 Å². The lowest BCUT2D eigenvalue weighted by atomic mass is 10.0. The minimum Gasteiger partial charge on any atom is -0.314 e. The number of nitrogens with one attached hydrogen (secondary N) is 1. The lowest BCUT2D eigenvalue weighted by molar-refractivity contribution is 0.457. The minimum absolute atomic E-state index is 0.537.